The number of nitrogen functional groups attached to an aromatic ring is 1. The van der Waals surface area contributed by atoms with Crippen molar-refractivity contribution in [2.45, 2.75) is 32.0 Å². The van der Waals surface area contributed by atoms with Crippen LogP contribution in [0.3, 0.4) is 0 Å². The molecule has 6 nitrogen and oxygen atoms in total. The molecule has 2 N–H and O–H groups in total. The summed E-state index contributed by atoms with van der Waals surface area (Å²) in [5.41, 5.74) is 6.53. The number of nitrogens with two attached hydrogens (primary N) is 1. The molecular weight excluding hydrogens is 290 g/mol. The van der Waals surface area contributed by atoms with Gasteiger partial charge in [0.1, 0.15) is 12.9 Å². The summed E-state index contributed by atoms with van der Waals surface area (Å²) in [5.74, 6) is 0.204. The predicted octanol–water partition coefficient (Wildman–Crippen LogP) is 1.70. The van der Waals surface area contributed by atoms with Crippen LogP contribution in [0.25, 0.3) is 0 Å². The molecule has 1 heterocycles. The molecule has 0 spiro atoms. The minimum atomic E-state index is 0.0253. The van der Waals surface area contributed by atoms with Gasteiger partial charge < -0.3 is 10.6 Å². The third kappa shape index (κ3) is 3.52. The molecule has 1 aliphatic carbocycles. The number of hydrogen-bond donors (Lipinski definition) is 1. The van der Waals surface area contributed by atoms with Crippen molar-refractivity contribution >= 4 is 23.5 Å². The number of anilines is 1. The average molecular weight is 306 g/mol. The molecule has 0 atom stereocenters. The largest absolute Gasteiger partial charge is 0.367 e. The van der Waals surface area contributed by atoms with E-state index < -0.39 is 0 Å². The Labute approximate surface area is 127 Å². The van der Waals surface area contributed by atoms with Crippen molar-refractivity contribution in [1.29, 1.82) is 0 Å². The molecule has 1 saturated carbocycles. The maximum absolute atomic E-state index is 12.4. The van der Waals surface area contributed by atoms with Crippen LogP contribution in [0.15, 0.2) is 30.6 Å². The van der Waals surface area contributed by atoms with Crippen molar-refractivity contribution in [2.75, 3.05) is 5.73 Å². The topological polar surface area (TPSA) is 77.0 Å². The molecule has 7 heteroatoms. The number of amides is 1. The fraction of sp³-hybridized carbons (Fsp3) is 0.357. The first-order chi connectivity index (χ1) is 10.1. The van der Waals surface area contributed by atoms with E-state index in [4.69, 9.17) is 17.3 Å². The van der Waals surface area contributed by atoms with Gasteiger partial charge >= 0.3 is 0 Å². The summed E-state index contributed by atoms with van der Waals surface area (Å²) in [4.78, 5) is 18.2. The third-order valence-electron chi connectivity index (χ3n) is 3.43. The summed E-state index contributed by atoms with van der Waals surface area (Å²) in [5, 5.41) is 4.65. The van der Waals surface area contributed by atoms with E-state index in [0.717, 1.165) is 18.4 Å². The van der Waals surface area contributed by atoms with Crippen LogP contribution in [-0.2, 0) is 17.9 Å². The van der Waals surface area contributed by atoms with E-state index in [1.54, 1.807) is 0 Å². The van der Waals surface area contributed by atoms with E-state index in [-0.39, 0.29) is 18.4 Å². The molecule has 0 saturated heterocycles. The van der Waals surface area contributed by atoms with E-state index in [1.165, 1.54) is 11.0 Å². The molecule has 1 aromatic heterocycles. The van der Waals surface area contributed by atoms with Crippen LogP contribution < -0.4 is 5.73 Å². The van der Waals surface area contributed by atoms with Gasteiger partial charge in [-0.3, -0.25) is 4.79 Å². The van der Waals surface area contributed by atoms with Gasteiger partial charge in [0.15, 0.2) is 0 Å². The van der Waals surface area contributed by atoms with Gasteiger partial charge in [0.05, 0.1) is 0 Å². The lowest BCUT2D eigenvalue weighted by Crippen LogP contribution is -2.35. The summed E-state index contributed by atoms with van der Waals surface area (Å²) >= 11 is 5.88. The number of nitrogens with zero attached hydrogens (tertiary/aromatic N) is 4. The molecule has 2 aromatic rings. The van der Waals surface area contributed by atoms with Gasteiger partial charge in [-0.15, -0.1) is 5.10 Å². The van der Waals surface area contributed by atoms with E-state index in [1.807, 2.05) is 29.2 Å². The fourth-order valence-electron chi connectivity index (χ4n) is 2.21. The zero-order valence-electron chi connectivity index (χ0n) is 11.4. The summed E-state index contributed by atoms with van der Waals surface area (Å²) < 4.78 is 1.47. The Balaban J connectivity index is 1.69. The highest BCUT2D eigenvalue weighted by atomic mass is 35.5. The van der Waals surface area contributed by atoms with E-state index >= 15 is 0 Å². The summed E-state index contributed by atoms with van der Waals surface area (Å²) in [7, 11) is 0. The van der Waals surface area contributed by atoms with Gasteiger partial charge in [0.25, 0.3) is 0 Å². The van der Waals surface area contributed by atoms with Gasteiger partial charge in [0.2, 0.25) is 11.9 Å². The van der Waals surface area contributed by atoms with Crippen LogP contribution in [0.5, 0.6) is 0 Å². The van der Waals surface area contributed by atoms with E-state index in [9.17, 15) is 4.79 Å². The van der Waals surface area contributed by atoms with E-state index in [2.05, 4.69) is 10.1 Å². The number of carbonyl (C=O) groups is 1. The third-order valence-corrected chi connectivity index (χ3v) is 3.68. The molecule has 1 aromatic carbocycles. The Morgan fingerprint density at radius 1 is 1.38 bits per heavy atom. The van der Waals surface area contributed by atoms with Crippen LogP contribution in [0, 0.1) is 0 Å². The van der Waals surface area contributed by atoms with Crippen LogP contribution in [0.1, 0.15) is 18.4 Å². The second kappa shape index (κ2) is 5.73. The second-order valence-corrected chi connectivity index (χ2v) is 5.62. The molecule has 1 aliphatic rings. The van der Waals surface area contributed by atoms with Crippen molar-refractivity contribution in [3.8, 4) is 0 Å². The number of carbonyl (C=O) groups excluding carboxylic acids is 1. The van der Waals surface area contributed by atoms with Crippen LogP contribution in [0.2, 0.25) is 5.02 Å². The quantitative estimate of drug-likeness (QED) is 0.912. The summed E-state index contributed by atoms with van der Waals surface area (Å²) in [6.07, 6.45) is 3.58. The fourth-order valence-corrected chi connectivity index (χ4v) is 2.33. The molecule has 1 fully saturated rings. The van der Waals surface area contributed by atoms with Gasteiger partial charge in [-0.05, 0) is 30.5 Å². The number of benzene rings is 1. The Morgan fingerprint density at radius 2 is 2.10 bits per heavy atom. The molecule has 21 heavy (non-hydrogen) atoms. The number of aromatic nitrogens is 3. The van der Waals surface area contributed by atoms with Gasteiger partial charge in [-0.25, -0.2) is 9.67 Å². The molecule has 0 bridgehead atoms. The van der Waals surface area contributed by atoms with Crippen LogP contribution in [-0.4, -0.2) is 31.6 Å². The number of hydrogen-bond acceptors (Lipinski definition) is 4. The van der Waals surface area contributed by atoms with E-state index in [0.29, 0.717) is 17.6 Å². The van der Waals surface area contributed by atoms with Crippen LogP contribution >= 0.6 is 11.6 Å². The first-order valence-electron chi connectivity index (χ1n) is 6.80. The Hall–Kier alpha value is -2.08. The molecule has 3 rings (SSSR count). The highest BCUT2D eigenvalue weighted by Gasteiger charge is 2.32. The van der Waals surface area contributed by atoms with Crippen LogP contribution in [0.4, 0.5) is 5.95 Å². The average Bonchev–Trinajstić information content (AvgIpc) is 3.21. The first kappa shape index (κ1) is 13.9. The Kier molecular flexibility index (Phi) is 3.79. The van der Waals surface area contributed by atoms with Gasteiger partial charge in [0, 0.05) is 17.6 Å². The van der Waals surface area contributed by atoms with Crippen molar-refractivity contribution < 1.29 is 4.79 Å². The highest BCUT2D eigenvalue weighted by Crippen LogP contribution is 2.28. The smallest absolute Gasteiger partial charge is 0.244 e. The first-order valence-corrected chi connectivity index (χ1v) is 7.18. The van der Waals surface area contributed by atoms with Gasteiger partial charge in [-0.1, -0.05) is 23.7 Å². The molecular formula is C14H16ClN5O. The minimum absolute atomic E-state index is 0.0253. The maximum Gasteiger partial charge on any atom is 0.244 e. The van der Waals surface area contributed by atoms with Crippen molar-refractivity contribution in [1.82, 2.24) is 19.7 Å². The standard InChI is InChI=1S/C14H16ClN5O/c15-11-3-1-10(2-4-11)7-20(12-5-6-12)13(21)8-19-9-17-14(16)18-19/h1-4,9,12H,5-8H2,(H2,16,18). The zero-order chi connectivity index (χ0) is 14.8. The zero-order valence-corrected chi connectivity index (χ0v) is 12.2. The monoisotopic (exact) mass is 305 g/mol. The van der Waals surface area contributed by atoms with Crippen molar-refractivity contribution in [3.05, 3.63) is 41.2 Å². The highest BCUT2D eigenvalue weighted by molar-refractivity contribution is 6.30. The SMILES string of the molecule is Nc1ncn(CC(=O)N(Cc2ccc(Cl)cc2)C2CC2)n1. The lowest BCUT2D eigenvalue weighted by molar-refractivity contribution is -0.133. The number of halogens is 1. The second-order valence-electron chi connectivity index (χ2n) is 5.18. The van der Waals surface area contributed by atoms with Crippen molar-refractivity contribution in [3.63, 3.8) is 0 Å². The minimum Gasteiger partial charge on any atom is -0.367 e. The molecule has 1 amide bonds. The lowest BCUT2D eigenvalue weighted by atomic mass is 10.2. The predicted molar refractivity (Wildman–Crippen MR) is 79.5 cm³/mol. The lowest BCUT2D eigenvalue weighted by Gasteiger charge is -2.22. The summed E-state index contributed by atoms with van der Waals surface area (Å²) in [6, 6.07) is 7.89. The normalized spacial score (nSPS) is 14.1. The maximum atomic E-state index is 12.4. The van der Waals surface area contributed by atoms with Crippen molar-refractivity contribution in [2.24, 2.45) is 0 Å². The van der Waals surface area contributed by atoms with Gasteiger partial charge in [-0.2, -0.15) is 0 Å². The summed E-state index contributed by atoms with van der Waals surface area (Å²) in [6.45, 7) is 0.749. The number of rotatable bonds is 5. The molecule has 0 unspecified atom stereocenters. The molecule has 110 valence electrons. The molecule has 0 aliphatic heterocycles. The molecule has 0 radical (unpaired) electrons. The Bertz CT molecular complexity index is 635. The Morgan fingerprint density at radius 3 is 2.67 bits per heavy atom.